The van der Waals surface area contributed by atoms with Gasteiger partial charge in [0.2, 0.25) is 0 Å². The fourth-order valence-corrected chi connectivity index (χ4v) is 2.74. The summed E-state index contributed by atoms with van der Waals surface area (Å²) in [5.41, 5.74) is 1.22. The minimum atomic E-state index is 0.122. The van der Waals surface area contributed by atoms with E-state index in [9.17, 15) is 5.26 Å². The van der Waals surface area contributed by atoms with Crippen LogP contribution in [0.1, 0.15) is 5.56 Å². The van der Waals surface area contributed by atoms with E-state index in [1.165, 1.54) is 0 Å². The van der Waals surface area contributed by atoms with Gasteiger partial charge in [-0.2, -0.15) is 5.26 Å². The highest BCUT2D eigenvalue weighted by Crippen LogP contribution is 2.21. The maximum Gasteiger partial charge on any atom is 0.161 e. The molecule has 0 amide bonds. The summed E-state index contributed by atoms with van der Waals surface area (Å²) in [7, 11) is 4.03. The zero-order valence-corrected chi connectivity index (χ0v) is 12.9. The molecule has 6 nitrogen and oxygen atoms in total. The Balaban J connectivity index is 1.86. The lowest BCUT2D eigenvalue weighted by Gasteiger charge is -2.33. The van der Waals surface area contributed by atoms with E-state index >= 15 is 0 Å². The van der Waals surface area contributed by atoms with E-state index in [-0.39, 0.29) is 6.10 Å². The second-order valence-corrected chi connectivity index (χ2v) is 5.66. The summed E-state index contributed by atoms with van der Waals surface area (Å²) in [6, 6.07) is 7.84. The largest absolute Gasteiger partial charge is 0.374 e. The second kappa shape index (κ2) is 6.26. The van der Waals surface area contributed by atoms with Gasteiger partial charge < -0.3 is 14.5 Å². The van der Waals surface area contributed by atoms with Gasteiger partial charge in [-0.3, -0.25) is 0 Å². The topological polar surface area (TPSA) is 65.3 Å². The van der Waals surface area contributed by atoms with Crippen molar-refractivity contribution >= 4 is 16.9 Å². The Morgan fingerprint density at radius 1 is 1.55 bits per heavy atom. The summed E-state index contributed by atoms with van der Waals surface area (Å²) in [6.45, 7) is 3.29. The van der Waals surface area contributed by atoms with Gasteiger partial charge in [-0.05, 0) is 25.2 Å². The number of likely N-dealkylation sites (N-methyl/N-ethyl adjacent to an activating group) is 2. The highest BCUT2D eigenvalue weighted by molar-refractivity contribution is 5.79. The molecule has 0 N–H and O–H groups in total. The van der Waals surface area contributed by atoms with Crippen LogP contribution >= 0.6 is 0 Å². The van der Waals surface area contributed by atoms with Gasteiger partial charge in [0.25, 0.3) is 0 Å². The first-order chi connectivity index (χ1) is 10.7. The van der Waals surface area contributed by atoms with Crippen molar-refractivity contribution in [1.29, 1.82) is 5.26 Å². The molecule has 0 aliphatic carbocycles. The predicted molar refractivity (Wildman–Crippen MR) is 84.8 cm³/mol. The van der Waals surface area contributed by atoms with Gasteiger partial charge in [-0.15, -0.1) is 0 Å². The number of morpholine rings is 1. The van der Waals surface area contributed by atoms with Crippen molar-refractivity contribution in [3.05, 3.63) is 30.0 Å². The Bertz CT molecular complexity index is 711. The first-order valence-electron chi connectivity index (χ1n) is 7.34. The monoisotopic (exact) mass is 297 g/mol. The van der Waals surface area contributed by atoms with Crippen LogP contribution in [0.25, 0.3) is 11.0 Å². The van der Waals surface area contributed by atoms with Crippen LogP contribution in [0.2, 0.25) is 0 Å². The van der Waals surface area contributed by atoms with E-state index in [2.05, 4.69) is 28.0 Å². The lowest BCUT2D eigenvalue weighted by atomic mass is 10.2. The number of rotatable bonds is 3. The average Bonchev–Trinajstić information content (AvgIpc) is 2.53. The van der Waals surface area contributed by atoms with E-state index < -0.39 is 0 Å². The fourth-order valence-electron chi connectivity index (χ4n) is 2.74. The average molecular weight is 297 g/mol. The number of aromatic nitrogens is 2. The third-order valence-electron chi connectivity index (χ3n) is 3.87. The standard InChI is InChI=1S/C16H19N5O/c1-20-6-7-22-14(10-20)11-21(2)16-13(9-17)8-12-4-3-5-18-15(12)19-16/h3-5,8,14H,6-7,10-11H2,1-2H3. The van der Waals surface area contributed by atoms with E-state index in [0.717, 1.165) is 25.1 Å². The van der Waals surface area contributed by atoms with E-state index in [1.54, 1.807) is 6.20 Å². The summed E-state index contributed by atoms with van der Waals surface area (Å²) >= 11 is 0. The lowest BCUT2D eigenvalue weighted by molar-refractivity contribution is -0.0143. The minimum absolute atomic E-state index is 0.122. The molecular weight excluding hydrogens is 278 g/mol. The van der Waals surface area contributed by atoms with Gasteiger partial charge in [0.15, 0.2) is 5.65 Å². The number of anilines is 1. The van der Waals surface area contributed by atoms with Crippen LogP contribution in [0.5, 0.6) is 0 Å². The third kappa shape index (κ3) is 3.01. The van der Waals surface area contributed by atoms with Crippen LogP contribution in [0.3, 0.4) is 0 Å². The van der Waals surface area contributed by atoms with Crippen LogP contribution in [0, 0.1) is 11.3 Å². The Labute approximate surface area is 129 Å². The number of hydrogen-bond acceptors (Lipinski definition) is 6. The molecule has 0 spiro atoms. The number of pyridine rings is 2. The summed E-state index contributed by atoms with van der Waals surface area (Å²) in [6.07, 6.45) is 1.83. The first kappa shape index (κ1) is 14.7. The normalized spacial score (nSPS) is 19.0. The molecule has 3 rings (SSSR count). The molecule has 1 aliphatic heterocycles. The highest BCUT2D eigenvalue weighted by Gasteiger charge is 2.21. The number of nitrogens with zero attached hydrogens (tertiary/aromatic N) is 5. The molecule has 2 aromatic heterocycles. The summed E-state index contributed by atoms with van der Waals surface area (Å²) in [5.74, 6) is 0.658. The van der Waals surface area contributed by atoms with Crippen molar-refractivity contribution in [2.45, 2.75) is 6.10 Å². The van der Waals surface area contributed by atoms with Gasteiger partial charge >= 0.3 is 0 Å². The van der Waals surface area contributed by atoms with E-state index in [4.69, 9.17) is 4.74 Å². The van der Waals surface area contributed by atoms with Gasteiger partial charge in [0.05, 0.1) is 18.3 Å². The van der Waals surface area contributed by atoms with Crippen molar-refractivity contribution in [3.8, 4) is 6.07 Å². The smallest absolute Gasteiger partial charge is 0.161 e. The number of ether oxygens (including phenoxy) is 1. The molecule has 0 aromatic carbocycles. The molecule has 0 bridgehead atoms. The molecule has 114 valence electrons. The highest BCUT2D eigenvalue weighted by atomic mass is 16.5. The molecular formula is C16H19N5O. The maximum atomic E-state index is 9.40. The van der Waals surface area contributed by atoms with Gasteiger partial charge in [-0.1, -0.05) is 0 Å². The van der Waals surface area contributed by atoms with Crippen molar-refractivity contribution in [3.63, 3.8) is 0 Å². The SMILES string of the molecule is CN1CCOC(CN(C)c2nc3ncccc3cc2C#N)C1. The lowest BCUT2D eigenvalue weighted by Crippen LogP contribution is -2.45. The fraction of sp³-hybridized carbons (Fsp3) is 0.438. The van der Waals surface area contributed by atoms with Crippen LogP contribution in [-0.4, -0.2) is 61.3 Å². The van der Waals surface area contributed by atoms with Gasteiger partial charge in [0, 0.05) is 38.3 Å². The number of nitriles is 1. The van der Waals surface area contributed by atoms with Crippen molar-refractivity contribution in [2.24, 2.45) is 0 Å². The summed E-state index contributed by atoms with van der Waals surface area (Å²) in [4.78, 5) is 13.1. The molecule has 1 unspecified atom stereocenters. The van der Waals surface area contributed by atoms with Crippen molar-refractivity contribution in [1.82, 2.24) is 14.9 Å². The molecule has 3 heterocycles. The number of hydrogen-bond donors (Lipinski definition) is 0. The van der Waals surface area contributed by atoms with Gasteiger partial charge in [-0.25, -0.2) is 9.97 Å². The third-order valence-corrected chi connectivity index (χ3v) is 3.87. The van der Waals surface area contributed by atoms with Crippen LogP contribution in [0.4, 0.5) is 5.82 Å². The first-order valence-corrected chi connectivity index (χ1v) is 7.34. The molecule has 22 heavy (non-hydrogen) atoms. The molecule has 1 fully saturated rings. The van der Waals surface area contributed by atoms with Crippen LogP contribution in [0.15, 0.2) is 24.4 Å². The number of fused-ring (bicyclic) bond motifs is 1. The second-order valence-electron chi connectivity index (χ2n) is 5.66. The molecule has 0 saturated carbocycles. The Kier molecular flexibility index (Phi) is 4.18. The maximum absolute atomic E-state index is 9.40. The van der Waals surface area contributed by atoms with Gasteiger partial charge in [0.1, 0.15) is 11.9 Å². The summed E-state index contributed by atoms with van der Waals surface area (Å²) < 4.78 is 5.79. The predicted octanol–water partition coefficient (Wildman–Crippen LogP) is 1.27. The molecule has 1 atom stereocenters. The van der Waals surface area contributed by atoms with Crippen LogP contribution in [-0.2, 0) is 4.74 Å². The zero-order chi connectivity index (χ0) is 15.5. The Morgan fingerprint density at radius 2 is 2.41 bits per heavy atom. The van der Waals surface area contributed by atoms with E-state index in [1.807, 2.05) is 30.1 Å². The molecule has 6 heteroatoms. The zero-order valence-electron chi connectivity index (χ0n) is 12.9. The molecule has 2 aromatic rings. The molecule has 1 aliphatic rings. The molecule has 0 radical (unpaired) electrons. The van der Waals surface area contributed by atoms with Crippen LogP contribution < -0.4 is 4.90 Å². The Hall–Kier alpha value is -2.23. The van der Waals surface area contributed by atoms with Crippen molar-refractivity contribution < 1.29 is 4.74 Å². The minimum Gasteiger partial charge on any atom is -0.374 e. The Morgan fingerprint density at radius 3 is 3.18 bits per heavy atom. The summed E-state index contributed by atoms with van der Waals surface area (Å²) in [5, 5.41) is 10.3. The quantitative estimate of drug-likeness (QED) is 0.850. The molecule has 1 saturated heterocycles. The van der Waals surface area contributed by atoms with Crippen molar-refractivity contribution in [2.75, 3.05) is 45.2 Å². The van der Waals surface area contributed by atoms with E-state index in [0.29, 0.717) is 23.6 Å².